The first kappa shape index (κ1) is 39.1. The first-order valence-corrected chi connectivity index (χ1v) is 19.3. The predicted molar refractivity (Wildman–Crippen MR) is 208 cm³/mol. The van der Waals surface area contributed by atoms with E-state index in [1.165, 1.54) is 6.20 Å². The van der Waals surface area contributed by atoms with E-state index in [0.29, 0.717) is 55.5 Å². The van der Waals surface area contributed by atoms with Crippen LogP contribution in [0.3, 0.4) is 0 Å². The molecular weight excluding hydrogens is 710 g/mol. The number of ether oxygens (including phenoxy) is 2. The molecular formula is C43H49ClF2N4O4. The first-order valence-electron chi connectivity index (χ1n) is 18.9. The Labute approximate surface area is 321 Å². The van der Waals surface area contributed by atoms with Gasteiger partial charge in [-0.3, -0.25) is 4.98 Å². The monoisotopic (exact) mass is 758 g/mol. The Balaban J connectivity index is 0.000000185. The number of Topliss-reactive ketones (excluding diaryl/α,β-unsaturated/α-hetero) is 2. The van der Waals surface area contributed by atoms with Crippen LogP contribution in [0.15, 0.2) is 73.1 Å². The number of pyridine rings is 2. The summed E-state index contributed by atoms with van der Waals surface area (Å²) in [5.41, 5.74) is 3.99. The summed E-state index contributed by atoms with van der Waals surface area (Å²) in [6.07, 6.45) is 8.11. The Hall–Kier alpha value is -4.57. The number of hydrogen-bond acceptors (Lipinski definition) is 8. The van der Waals surface area contributed by atoms with E-state index in [-0.39, 0.29) is 46.6 Å². The Bertz CT molecular complexity index is 1910. The molecule has 4 atom stereocenters. The molecule has 1 saturated carbocycles. The second-order valence-corrected chi connectivity index (χ2v) is 15.3. The minimum absolute atomic E-state index is 0.0122. The van der Waals surface area contributed by atoms with Crippen molar-refractivity contribution in [2.45, 2.75) is 96.2 Å². The highest BCUT2D eigenvalue weighted by Gasteiger charge is 2.32. The van der Waals surface area contributed by atoms with Gasteiger partial charge in [-0.05, 0) is 86.1 Å². The van der Waals surface area contributed by atoms with Crippen LogP contribution in [0.1, 0.15) is 101 Å². The molecule has 2 aromatic carbocycles. The summed E-state index contributed by atoms with van der Waals surface area (Å²) < 4.78 is 41.1. The lowest BCUT2D eigenvalue weighted by molar-refractivity contribution is -0.118. The fourth-order valence-electron chi connectivity index (χ4n) is 7.31. The minimum Gasteiger partial charge on any atom is -0.489 e. The van der Waals surface area contributed by atoms with Crippen molar-refractivity contribution >= 4 is 34.5 Å². The number of halogens is 3. The summed E-state index contributed by atoms with van der Waals surface area (Å²) in [6, 6.07) is 19.2. The molecule has 8 nitrogen and oxygen atoms in total. The van der Waals surface area contributed by atoms with Gasteiger partial charge in [0.2, 0.25) is 0 Å². The van der Waals surface area contributed by atoms with Gasteiger partial charge in [-0.15, -0.1) is 0 Å². The van der Waals surface area contributed by atoms with Crippen molar-refractivity contribution in [1.29, 1.82) is 0 Å². The van der Waals surface area contributed by atoms with E-state index < -0.39 is 5.82 Å². The third-order valence-electron chi connectivity index (χ3n) is 10.3. The van der Waals surface area contributed by atoms with Gasteiger partial charge in [0.15, 0.2) is 16.8 Å². The number of ketones is 2. The molecule has 0 spiro atoms. The van der Waals surface area contributed by atoms with Crippen LogP contribution >= 0.6 is 11.6 Å². The van der Waals surface area contributed by atoms with Crippen LogP contribution in [0.5, 0.6) is 11.5 Å². The maximum Gasteiger partial charge on any atom is 0.183 e. The number of rotatable bonds is 13. The quantitative estimate of drug-likeness (QED) is 0.125. The van der Waals surface area contributed by atoms with Gasteiger partial charge in [-0.25, -0.2) is 13.8 Å². The van der Waals surface area contributed by atoms with Crippen LogP contribution < -0.4 is 19.3 Å². The molecule has 2 saturated heterocycles. The van der Waals surface area contributed by atoms with Crippen molar-refractivity contribution in [3.05, 3.63) is 107 Å². The molecule has 2 aromatic heterocycles. The summed E-state index contributed by atoms with van der Waals surface area (Å²) in [7, 11) is 0. The molecule has 3 fully saturated rings. The highest BCUT2D eigenvalue weighted by Crippen LogP contribution is 2.42. The van der Waals surface area contributed by atoms with E-state index >= 15 is 0 Å². The fourth-order valence-corrected chi connectivity index (χ4v) is 7.46. The number of aromatic nitrogens is 2. The second kappa shape index (κ2) is 17.7. The van der Waals surface area contributed by atoms with Gasteiger partial charge in [-0.2, -0.15) is 0 Å². The van der Waals surface area contributed by atoms with Crippen LogP contribution in [0.4, 0.5) is 20.2 Å². The summed E-state index contributed by atoms with van der Waals surface area (Å²) in [6.45, 7) is 10.1. The third-order valence-corrected chi connectivity index (χ3v) is 10.6. The molecule has 286 valence electrons. The largest absolute Gasteiger partial charge is 0.489 e. The number of hydrogen-bond donors (Lipinski definition) is 0. The Morgan fingerprint density at radius 2 is 1.15 bits per heavy atom. The van der Waals surface area contributed by atoms with Crippen molar-refractivity contribution in [3.63, 3.8) is 0 Å². The van der Waals surface area contributed by atoms with E-state index in [4.69, 9.17) is 21.1 Å². The number of benzene rings is 2. The van der Waals surface area contributed by atoms with E-state index in [1.807, 2.05) is 60.4 Å². The molecule has 1 aliphatic carbocycles. The molecule has 11 heteroatoms. The third kappa shape index (κ3) is 10.1. The van der Waals surface area contributed by atoms with Gasteiger partial charge >= 0.3 is 0 Å². The number of nitrogens with zero attached hydrogens (tertiary/aromatic N) is 4. The van der Waals surface area contributed by atoms with Gasteiger partial charge in [-0.1, -0.05) is 49.7 Å². The maximum absolute atomic E-state index is 14.8. The van der Waals surface area contributed by atoms with Crippen molar-refractivity contribution in [3.8, 4) is 11.5 Å². The van der Waals surface area contributed by atoms with Gasteiger partial charge < -0.3 is 28.9 Å². The summed E-state index contributed by atoms with van der Waals surface area (Å²) in [5.74, 6) is 2.06. The van der Waals surface area contributed by atoms with Crippen LogP contribution in [0.25, 0.3) is 0 Å². The highest BCUT2D eigenvalue weighted by atomic mass is 35.5. The lowest BCUT2D eigenvalue weighted by Crippen LogP contribution is -2.25. The zero-order valence-corrected chi connectivity index (χ0v) is 32.2. The highest BCUT2D eigenvalue weighted by molar-refractivity contribution is 6.29. The van der Waals surface area contributed by atoms with Crippen LogP contribution in [-0.4, -0.2) is 59.9 Å². The summed E-state index contributed by atoms with van der Waals surface area (Å²) in [5, 5.41) is -0.109. The second-order valence-electron chi connectivity index (χ2n) is 14.9. The lowest BCUT2D eigenvalue weighted by Gasteiger charge is -2.20. The standard InChI is InChI=1S/C23H27FN2O2.C20H22ClFN2O2/c1-15(13-16(2)27)17-5-7-19(8-6-17)28-20-10-12-26(14-20)21-9-11-25-23(22(21)24)18-3-4-18;1-13(11-14(2)25)15-3-5-16(6-4-15)26-17-8-10-24(12-17)18-7-9-23-20(21)19(18)22/h5-9,11,15,18,20H,3-4,10,12-14H2,1-2H3;3-7,9,13,17H,8,10-12H2,1-2H3/t15-,20-;13-,17-/m11/s1. The minimum atomic E-state index is -0.487. The zero-order valence-electron chi connectivity index (χ0n) is 31.4. The zero-order chi connectivity index (χ0) is 38.4. The van der Waals surface area contributed by atoms with Crippen molar-refractivity contribution in [1.82, 2.24) is 9.97 Å². The SMILES string of the molecule is CC(=O)C[C@@H](C)c1ccc(O[C@@H]2CCN(c3ccnc(C4CC4)c3F)C2)cc1.CC(=O)C[C@@H](C)c1ccc(O[C@@H]2CCN(c3ccnc(Cl)c3F)C2)cc1. The summed E-state index contributed by atoms with van der Waals surface area (Å²) in [4.78, 5) is 34.5. The van der Waals surface area contributed by atoms with E-state index in [9.17, 15) is 18.4 Å². The van der Waals surface area contributed by atoms with E-state index in [1.54, 1.807) is 32.2 Å². The number of carbonyl (C=O) groups excluding carboxylic acids is 2. The van der Waals surface area contributed by atoms with E-state index in [0.717, 1.165) is 54.9 Å². The molecule has 0 amide bonds. The average Bonchev–Trinajstić information content (AvgIpc) is 3.71. The molecule has 4 heterocycles. The van der Waals surface area contributed by atoms with Crippen molar-refractivity contribution < 1.29 is 27.8 Å². The molecule has 0 bridgehead atoms. The molecule has 0 radical (unpaired) electrons. The molecule has 7 rings (SSSR count). The summed E-state index contributed by atoms with van der Waals surface area (Å²) >= 11 is 5.77. The van der Waals surface area contributed by atoms with Gasteiger partial charge in [0, 0.05) is 57.1 Å². The van der Waals surface area contributed by atoms with Gasteiger partial charge in [0.1, 0.15) is 35.3 Å². The van der Waals surface area contributed by atoms with Crippen LogP contribution in [0.2, 0.25) is 5.15 Å². The van der Waals surface area contributed by atoms with Gasteiger partial charge in [0.25, 0.3) is 0 Å². The van der Waals surface area contributed by atoms with Crippen molar-refractivity contribution in [2.24, 2.45) is 0 Å². The maximum atomic E-state index is 14.8. The normalized spacial score (nSPS) is 19.2. The smallest absolute Gasteiger partial charge is 0.183 e. The number of anilines is 2. The molecule has 2 aliphatic heterocycles. The molecule has 3 aliphatic rings. The Kier molecular flexibility index (Phi) is 12.8. The number of carbonyl (C=O) groups is 2. The topological polar surface area (TPSA) is 84.9 Å². The fraction of sp³-hybridized carbons (Fsp3) is 0.442. The molecule has 0 N–H and O–H groups in total. The Morgan fingerprint density at radius 1 is 0.704 bits per heavy atom. The van der Waals surface area contributed by atoms with E-state index in [2.05, 4.69) is 21.8 Å². The lowest BCUT2D eigenvalue weighted by atomic mass is 9.96. The first-order chi connectivity index (χ1) is 25.9. The molecule has 0 unspecified atom stereocenters. The van der Waals surface area contributed by atoms with Gasteiger partial charge in [0.05, 0.1) is 30.2 Å². The van der Waals surface area contributed by atoms with Crippen molar-refractivity contribution in [2.75, 3.05) is 36.0 Å². The molecule has 54 heavy (non-hydrogen) atoms. The van der Waals surface area contributed by atoms with Crippen LogP contribution in [0, 0.1) is 11.6 Å². The van der Waals surface area contributed by atoms with Crippen LogP contribution in [-0.2, 0) is 9.59 Å². The predicted octanol–water partition coefficient (Wildman–Crippen LogP) is 9.45. The average molecular weight is 759 g/mol. The molecule has 4 aromatic rings. The Morgan fingerprint density at radius 3 is 1.59 bits per heavy atom.